The molecule has 6 heteroatoms. The predicted molar refractivity (Wildman–Crippen MR) is 116 cm³/mol. The minimum atomic E-state index is 0. The van der Waals surface area contributed by atoms with Crippen LogP contribution in [0.1, 0.15) is 18.1 Å². The first-order valence-electron chi connectivity index (χ1n) is 8.45. The quantitative estimate of drug-likeness (QED) is 0.440. The number of guanidine groups is 1. The molecule has 0 amide bonds. The Kier molecular flexibility index (Phi) is 7.04. The highest BCUT2D eigenvalue weighted by molar-refractivity contribution is 14.0. The van der Waals surface area contributed by atoms with Gasteiger partial charge in [-0.1, -0.05) is 24.3 Å². The number of pyridine rings is 1. The molecule has 1 aromatic carbocycles. The molecule has 0 fully saturated rings. The number of para-hydroxylation sites is 1. The average Bonchev–Trinajstić information content (AvgIpc) is 3.03. The van der Waals surface area contributed by atoms with Crippen LogP contribution in [-0.4, -0.2) is 38.1 Å². The third-order valence-corrected chi connectivity index (χ3v) is 4.16. The molecule has 1 aromatic heterocycles. The molecule has 0 saturated carbocycles. The molecule has 1 aliphatic rings. The molecule has 1 N–H and O–H groups in total. The standard InChI is InChI=1S/C19H25N5.HI/c1-4-20-19(24-12-11-16-7-5-6-8-17(16)24)22-14-15-9-10-18(21-13-15)23(2)3;/h5-10,13H,4,11-12,14H2,1-3H3,(H,20,22);1H. The van der Waals surface area contributed by atoms with E-state index in [4.69, 9.17) is 4.99 Å². The summed E-state index contributed by atoms with van der Waals surface area (Å²) in [4.78, 5) is 13.6. The van der Waals surface area contributed by atoms with Gasteiger partial charge in [0.15, 0.2) is 5.96 Å². The Morgan fingerprint density at radius 2 is 2.04 bits per heavy atom. The molecule has 2 aromatic rings. The van der Waals surface area contributed by atoms with Crippen LogP contribution < -0.4 is 15.1 Å². The van der Waals surface area contributed by atoms with E-state index < -0.39 is 0 Å². The number of nitrogens with zero attached hydrogens (tertiary/aromatic N) is 4. The summed E-state index contributed by atoms with van der Waals surface area (Å²) in [6, 6.07) is 12.7. The highest BCUT2D eigenvalue weighted by Gasteiger charge is 2.22. The van der Waals surface area contributed by atoms with Crippen LogP contribution in [0.5, 0.6) is 0 Å². The van der Waals surface area contributed by atoms with Gasteiger partial charge in [0.05, 0.1) is 6.54 Å². The molecule has 0 atom stereocenters. The fourth-order valence-electron chi connectivity index (χ4n) is 2.89. The number of aromatic nitrogens is 1. The van der Waals surface area contributed by atoms with Crippen molar-refractivity contribution in [3.63, 3.8) is 0 Å². The second-order valence-electron chi connectivity index (χ2n) is 6.12. The smallest absolute Gasteiger partial charge is 0.198 e. The maximum absolute atomic E-state index is 4.82. The van der Waals surface area contributed by atoms with Crippen molar-refractivity contribution in [2.45, 2.75) is 19.9 Å². The highest BCUT2D eigenvalue weighted by atomic mass is 127. The maximum Gasteiger partial charge on any atom is 0.198 e. The van der Waals surface area contributed by atoms with Gasteiger partial charge in [-0.15, -0.1) is 24.0 Å². The van der Waals surface area contributed by atoms with Crippen LogP contribution >= 0.6 is 24.0 Å². The molecular formula is C19H26IN5. The molecule has 3 rings (SSSR count). The van der Waals surface area contributed by atoms with Crippen LogP contribution in [0.25, 0.3) is 0 Å². The number of rotatable bonds is 4. The van der Waals surface area contributed by atoms with Gasteiger partial charge in [0.2, 0.25) is 0 Å². The lowest BCUT2D eigenvalue weighted by molar-refractivity contribution is 0.880. The summed E-state index contributed by atoms with van der Waals surface area (Å²) in [5, 5.41) is 3.41. The lowest BCUT2D eigenvalue weighted by atomic mass is 10.2. The van der Waals surface area contributed by atoms with Crippen LogP contribution in [0.4, 0.5) is 11.5 Å². The summed E-state index contributed by atoms with van der Waals surface area (Å²) in [7, 11) is 3.99. The van der Waals surface area contributed by atoms with Crippen LogP contribution in [-0.2, 0) is 13.0 Å². The first kappa shape index (κ1) is 19.5. The number of nitrogens with one attached hydrogen (secondary N) is 1. The molecular weight excluding hydrogens is 425 g/mol. The normalized spacial score (nSPS) is 13.2. The van der Waals surface area contributed by atoms with Crippen molar-refractivity contribution in [1.82, 2.24) is 10.3 Å². The highest BCUT2D eigenvalue weighted by Crippen LogP contribution is 2.27. The van der Waals surface area contributed by atoms with Gasteiger partial charge in [0, 0.05) is 39.1 Å². The van der Waals surface area contributed by atoms with Crippen molar-refractivity contribution in [3.8, 4) is 0 Å². The minimum Gasteiger partial charge on any atom is -0.363 e. The lowest BCUT2D eigenvalue weighted by Gasteiger charge is -2.22. The summed E-state index contributed by atoms with van der Waals surface area (Å²) in [6.07, 6.45) is 2.97. The van der Waals surface area contributed by atoms with Crippen LogP contribution in [0.15, 0.2) is 47.6 Å². The first-order valence-corrected chi connectivity index (χ1v) is 8.45. The maximum atomic E-state index is 4.82. The van der Waals surface area contributed by atoms with Gasteiger partial charge in [-0.05, 0) is 36.6 Å². The third-order valence-electron chi connectivity index (χ3n) is 4.16. The van der Waals surface area contributed by atoms with Crippen molar-refractivity contribution < 1.29 is 0 Å². The van der Waals surface area contributed by atoms with Gasteiger partial charge in [-0.2, -0.15) is 0 Å². The topological polar surface area (TPSA) is 43.8 Å². The monoisotopic (exact) mass is 451 g/mol. The number of hydrogen-bond donors (Lipinski definition) is 1. The minimum absolute atomic E-state index is 0. The molecule has 1 aliphatic heterocycles. The lowest BCUT2D eigenvalue weighted by Crippen LogP contribution is -2.40. The van der Waals surface area contributed by atoms with Gasteiger partial charge in [0.25, 0.3) is 0 Å². The van der Waals surface area contributed by atoms with E-state index in [2.05, 4.69) is 52.5 Å². The van der Waals surface area contributed by atoms with Gasteiger partial charge in [-0.25, -0.2) is 9.98 Å². The summed E-state index contributed by atoms with van der Waals surface area (Å²) in [5.41, 5.74) is 3.77. The molecule has 0 radical (unpaired) electrons. The van der Waals surface area contributed by atoms with E-state index in [1.165, 1.54) is 11.3 Å². The molecule has 25 heavy (non-hydrogen) atoms. The predicted octanol–water partition coefficient (Wildman–Crippen LogP) is 3.29. The average molecular weight is 451 g/mol. The second-order valence-corrected chi connectivity index (χ2v) is 6.12. The van der Waals surface area contributed by atoms with Gasteiger partial charge in [-0.3, -0.25) is 0 Å². The van der Waals surface area contributed by atoms with E-state index in [-0.39, 0.29) is 24.0 Å². The number of hydrogen-bond acceptors (Lipinski definition) is 3. The number of aliphatic imine (C=N–C) groups is 1. The van der Waals surface area contributed by atoms with E-state index in [0.717, 1.165) is 36.9 Å². The molecule has 0 spiro atoms. The van der Waals surface area contributed by atoms with Gasteiger partial charge < -0.3 is 15.1 Å². The number of anilines is 2. The Hall–Kier alpha value is -1.83. The Balaban J connectivity index is 0.00000225. The molecule has 134 valence electrons. The molecule has 0 saturated heterocycles. The summed E-state index contributed by atoms with van der Waals surface area (Å²) in [6.45, 7) is 4.56. The van der Waals surface area contributed by atoms with Crippen LogP contribution in [0.3, 0.4) is 0 Å². The van der Waals surface area contributed by atoms with E-state index >= 15 is 0 Å². The molecule has 0 aliphatic carbocycles. The Labute approximate surface area is 167 Å². The largest absolute Gasteiger partial charge is 0.363 e. The van der Waals surface area contributed by atoms with Gasteiger partial charge >= 0.3 is 0 Å². The summed E-state index contributed by atoms with van der Waals surface area (Å²) >= 11 is 0. The van der Waals surface area contributed by atoms with Crippen molar-refractivity contribution in [3.05, 3.63) is 53.7 Å². The fourth-order valence-corrected chi connectivity index (χ4v) is 2.89. The zero-order chi connectivity index (χ0) is 16.9. The van der Waals surface area contributed by atoms with Crippen molar-refractivity contribution >= 4 is 41.4 Å². The van der Waals surface area contributed by atoms with Crippen LogP contribution in [0.2, 0.25) is 0 Å². The Morgan fingerprint density at radius 1 is 1.24 bits per heavy atom. The van der Waals surface area contributed by atoms with E-state index in [1.807, 2.05) is 31.3 Å². The Morgan fingerprint density at radius 3 is 2.72 bits per heavy atom. The first-order chi connectivity index (χ1) is 11.7. The zero-order valence-corrected chi connectivity index (χ0v) is 17.4. The Bertz CT molecular complexity index is 712. The van der Waals surface area contributed by atoms with E-state index in [0.29, 0.717) is 6.54 Å². The summed E-state index contributed by atoms with van der Waals surface area (Å²) in [5.74, 6) is 1.90. The molecule has 0 unspecified atom stereocenters. The molecule has 5 nitrogen and oxygen atoms in total. The van der Waals surface area contributed by atoms with Crippen molar-refractivity contribution in [2.75, 3.05) is 37.0 Å². The van der Waals surface area contributed by atoms with E-state index in [1.54, 1.807) is 0 Å². The third kappa shape index (κ3) is 4.62. The molecule has 2 heterocycles. The van der Waals surface area contributed by atoms with Crippen LogP contribution in [0, 0.1) is 0 Å². The van der Waals surface area contributed by atoms with E-state index in [9.17, 15) is 0 Å². The summed E-state index contributed by atoms with van der Waals surface area (Å²) < 4.78 is 0. The molecule has 0 bridgehead atoms. The number of halogens is 1. The van der Waals surface area contributed by atoms with Crippen molar-refractivity contribution in [1.29, 1.82) is 0 Å². The zero-order valence-electron chi connectivity index (χ0n) is 15.1. The fraction of sp³-hybridized carbons (Fsp3) is 0.368. The number of benzene rings is 1. The van der Waals surface area contributed by atoms with Gasteiger partial charge in [0.1, 0.15) is 5.82 Å². The van der Waals surface area contributed by atoms with Crippen molar-refractivity contribution in [2.24, 2.45) is 4.99 Å². The second kappa shape index (κ2) is 9.03. The number of fused-ring (bicyclic) bond motifs is 1. The SMILES string of the molecule is CCNC(=NCc1ccc(N(C)C)nc1)N1CCc2ccccc21.I.